The minimum Gasteiger partial charge on any atom is -0.451 e. The summed E-state index contributed by atoms with van der Waals surface area (Å²) in [6, 6.07) is 0. The van der Waals surface area contributed by atoms with Crippen molar-refractivity contribution in [2.24, 2.45) is 23.7 Å². The van der Waals surface area contributed by atoms with Crippen LogP contribution in [0.15, 0.2) is 36.0 Å². The molecule has 0 aromatic carbocycles. The number of thioether (sulfide) groups is 3. The summed E-state index contributed by atoms with van der Waals surface area (Å²) >= 11 is 3.23. The van der Waals surface area contributed by atoms with Gasteiger partial charge in [-0.3, -0.25) is 43.5 Å². The molecule has 0 aromatic rings. The average molecular weight is 720 g/mol. The Labute approximate surface area is 286 Å². The van der Waals surface area contributed by atoms with Gasteiger partial charge in [0.15, 0.2) is 0 Å². The van der Waals surface area contributed by atoms with Crippen LogP contribution >= 0.6 is 35.3 Å². The molecule has 4 saturated heterocycles. The van der Waals surface area contributed by atoms with Gasteiger partial charge in [0.25, 0.3) is 23.6 Å². The van der Waals surface area contributed by atoms with E-state index < -0.39 is 0 Å². The molecule has 6 aliphatic heterocycles. The van der Waals surface area contributed by atoms with Gasteiger partial charge in [-0.25, -0.2) is 14.4 Å². The van der Waals surface area contributed by atoms with Gasteiger partial charge in [0.1, 0.15) is 18.3 Å². The lowest BCUT2D eigenvalue weighted by Gasteiger charge is -2.19. The zero-order chi connectivity index (χ0) is 34.3. The molecule has 15 nitrogen and oxygen atoms in total. The van der Waals surface area contributed by atoms with Crippen molar-refractivity contribution in [3.63, 3.8) is 0 Å². The summed E-state index contributed by atoms with van der Waals surface area (Å²) in [5, 5.41) is -1.00. The van der Waals surface area contributed by atoms with E-state index in [-0.39, 0.29) is 113 Å². The number of cyclic esters (lactones) is 3. The fourth-order valence-electron chi connectivity index (χ4n) is 6.54. The van der Waals surface area contributed by atoms with E-state index in [1.807, 2.05) is 0 Å². The molecule has 6 heterocycles. The second kappa shape index (κ2) is 13.9. The van der Waals surface area contributed by atoms with Crippen LogP contribution in [0, 0.1) is 23.7 Å². The number of fused-ring (bicyclic) bond motifs is 5. The van der Waals surface area contributed by atoms with Crippen molar-refractivity contribution >= 4 is 86.6 Å². The van der Waals surface area contributed by atoms with Crippen LogP contribution in [0.25, 0.3) is 0 Å². The molecule has 8 rings (SSSR count). The maximum Gasteiger partial charge on any atom is 0.367 e. The van der Waals surface area contributed by atoms with Crippen LogP contribution in [0.4, 0.5) is 14.4 Å². The summed E-state index contributed by atoms with van der Waals surface area (Å²) in [5.41, 5.74) is 0.428. The average Bonchev–Trinajstić information content (AvgIpc) is 3.93. The summed E-state index contributed by atoms with van der Waals surface area (Å²) in [6.45, 7) is 2.13. The first-order chi connectivity index (χ1) is 22.9. The molecule has 8 aliphatic rings. The molecule has 7 unspecified atom stereocenters. The number of amides is 6. The molecule has 2 aliphatic carbocycles. The molecule has 0 N–H and O–H groups in total. The van der Waals surface area contributed by atoms with E-state index >= 15 is 0 Å². The van der Waals surface area contributed by atoms with Gasteiger partial charge < -0.3 is 14.2 Å². The van der Waals surface area contributed by atoms with Crippen molar-refractivity contribution in [3.8, 4) is 0 Å². The first-order valence-electron chi connectivity index (χ1n) is 15.0. The number of nitrogens with zero attached hydrogens (tertiary/aromatic N) is 3. The highest BCUT2D eigenvalue weighted by Gasteiger charge is 2.59. The van der Waals surface area contributed by atoms with Gasteiger partial charge in [-0.1, -0.05) is 12.2 Å². The van der Waals surface area contributed by atoms with E-state index in [4.69, 9.17) is 14.2 Å². The number of allylic oxidation sites excluding steroid dienone is 2. The van der Waals surface area contributed by atoms with E-state index in [2.05, 4.69) is 12.2 Å². The Morgan fingerprint density at radius 3 is 1.40 bits per heavy atom. The molecule has 6 amide bonds. The first-order valence-corrected chi connectivity index (χ1v) is 18.0. The summed E-state index contributed by atoms with van der Waals surface area (Å²) < 4.78 is 14.9. The Balaban J connectivity index is 0.000000128. The van der Waals surface area contributed by atoms with E-state index in [0.29, 0.717) is 22.8 Å². The number of carbonyl (C=O) groups is 9. The molecule has 18 heteroatoms. The third-order valence-electron chi connectivity index (χ3n) is 8.76. The number of likely N-dealkylation sites (tertiary alicyclic amines) is 1. The van der Waals surface area contributed by atoms with Crippen LogP contribution in [0.3, 0.4) is 0 Å². The van der Waals surface area contributed by atoms with Crippen LogP contribution in [-0.4, -0.2) is 121 Å². The molecule has 7 atom stereocenters. The van der Waals surface area contributed by atoms with E-state index in [0.717, 1.165) is 51.5 Å². The maximum absolute atomic E-state index is 12.4. The Hall–Kier alpha value is -3.90. The fraction of sp³-hybridized carbons (Fsp3) is 0.500. The normalized spacial score (nSPS) is 32.9. The van der Waals surface area contributed by atoms with E-state index in [1.54, 1.807) is 6.92 Å². The summed E-state index contributed by atoms with van der Waals surface area (Å²) in [5.74, 6) is 0.207. The highest BCUT2D eigenvalue weighted by Crippen LogP contribution is 2.52. The predicted molar refractivity (Wildman–Crippen MR) is 169 cm³/mol. The molecule has 0 radical (unpaired) electrons. The largest absolute Gasteiger partial charge is 0.451 e. The van der Waals surface area contributed by atoms with Crippen molar-refractivity contribution in [2.75, 3.05) is 36.9 Å². The van der Waals surface area contributed by atoms with Crippen LogP contribution in [-0.2, 0) is 43.0 Å². The van der Waals surface area contributed by atoms with Gasteiger partial charge in [-0.2, -0.15) is 0 Å². The van der Waals surface area contributed by atoms with Crippen molar-refractivity contribution in [3.05, 3.63) is 36.0 Å². The number of rotatable bonds is 6. The number of ether oxygens (including phenoxy) is 3. The lowest BCUT2D eigenvalue weighted by molar-refractivity contribution is -0.142. The van der Waals surface area contributed by atoms with Crippen LogP contribution in [0.5, 0.6) is 0 Å². The zero-order valence-corrected chi connectivity index (χ0v) is 27.8. The fourth-order valence-corrected chi connectivity index (χ4v) is 8.64. The highest BCUT2D eigenvalue weighted by molar-refractivity contribution is 8.14. The second-order valence-corrected chi connectivity index (χ2v) is 14.8. The zero-order valence-electron chi connectivity index (χ0n) is 25.3. The van der Waals surface area contributed by atoms with Crippen LogP contribution < -0.4 is 0 Å². The minimum atomic E-state index is -0.366. The summed E-state index contributed by atoms with van der Waals surface area (Å²) in [7, 11) is 0. The van der Waals surface area contributed by atoms with Gasteiger partial charge >= 0.3 is 15.9 Å². The Morgan fingerprint density at radius 2 is 1.02 bits per heavy atom. The van der Waals surface area contributed by atoms with Gasteiger partial charge in [-0.15, -0.1) is 0 Å². The quantitative estimate of drug-likeness (QED) is 0.167. The predicted octanol–water partition coefficient (Wildman–Crippen LogP) is 1.76. The molecule has 2 bridgehead atoms. The molecule has 48 heavy (non-hydrogen) atoms. The lowest BCUT2D eigenvalue weighted by Crippen LogP contribution is -2.39. The smallest absolute Gasteiger partial charge is 0.367 e. The molecule has 254 valence electrons. The summed E-state index contributed by atoms with van der Waals surface area (Å²) in [6.07, 6.45) is 7.75. The molecule has 1 saturated carbocycles. The monoisotopic (exact) mass is 719 g/mol. The SMILES string of the molecule is CC1=CC(=O)N(CC2CSC(=O)O2)C1=O.O=C1OC(CN2C(=O)C3C4C=CC(C4)C3C2=O)CS1.O=C1OC(CN2C(=O)C=CC2=O)CS1. The van der Waals surface area contributed by atoms with Crippen LogP contribution in [0.1, 0.15) is 13.3 Å². The number of carbonyl (C=O) groups excluding carboxylic acids is 9. The van der Waals surface area contributed by atoms with E-state index in [9.17, 15) is 43.2 Å². The number of imide groups is 3. The first kappa shape index (κ1) is 34.0. The Bertz CT molecular complexity index is 1540. The van der Waals surface area contributed by atoms with Crippen molar-refractivity contribution in [1.29, 1.82) is 0 Å². The van der Waals surface area contributed by atoms with Gasteiger partial charge in [0, 0.05) is 41.1 Å². The third-order valence-corrected chi connectivity index (χ3v) is 11.4. The van der Waals surface area contributed by atoms with Gasteiger partial charge in [0.05, 0.1) is 31.5 Å². The minimum absolute atomic E-state index is 0.0696. The maximum atomic E-state index is 12.4. The van der Waals surface area contributed by atoms with Crippen LogP contribution in [0.2, 0.25) is 0 Å². The molecule has 0 aromatic heterocycles. The van der Waals surface area contributed by atoms with Gasteiger partial charge in [0.2, 0.25) is 11.8 Å². The lowest BCUT2D eigenvalue weighted by atomic mass is 9.85. The Kier molecular flexibility index (Phi) is 9.85. The van der Waals surface area contributed by atoms with Gasteiger partial charge in [-0.05, 0) is 60.5 Å². The number of hydrogen-bond donors (Lipinski definition) is 0. The van der Waals surface area contributed by atoms with E-state index in [1.165, 1.54) is 23.1 Å². The molecule has 0 spiro atoms. The third kappa shape index (κ3) is 6.96. The second-order valence-electron chi connectivity index (χ2n) is 11.9. The van der Waals surface area contributed by atoms with Crippen molar-refractivity contribution in [1.82, 2.24) is 14.7 Å². The molecule has 5 fully saturated rings. The van der Waals surface area contributed by atoms with Crippen molar-refractivity contribution in [2.45, 2.75) is 31.7 Å². The number of hydrogen-bond acceptors (Lipinski definition) is 15. The highest BCUT2D eigenvalue weighted by atomic mass is 32.2. The Morgan fingerprint density at radius 1 is 0.604 bits per heavy atom. The topological polar surface area (TPSA) is 191 Å². The molecular weight excluding hydrogens is 691 g/mol. The standard InChI is InChI=1S/C13H13NO4S.C9H9NO4S.C8H7NO4S/c15-11-9-6-1-2-7(3-6)10(9)12(16)14(11)4-8-5-19-13(17)18-8;1-5-2-7(11)10(8(5)12)3-6-4-15-9(13)14-6;10-6-1-2-7(11)9(6)3-5-4-14-8(12)13-5/h1-2,6-10H,3-5H2;2,6H,3-4H2,1H3;1-2,5H,3-4H2. The summed E-state index contributed by atoms with van der Waals surface area (Å²) in [4.78, 5) is 106. The molecular formula is C30H29N3O12S3. The van der Waals surface area contributed by atoms with Crippen molar-refractivity contribution < 1.29 is 57.4 Å².